The van der Waals surface area contributed by atoms with Crippen LogP contribution < -0.4 is 10.6 Å². The Morgan fingerprint density at radius 2 is 1.84 bits per heavy atom. The number of halogens is 6. The number of aliphatic carboxylic acids is 1. The first-order chi connectivity index (χ1) is 14.8. The predicted molar refractivity (Wildman–Crippen MR) is 101 cm³/mol. The Hall–Kier alpha value is -3.09. The van der Waals surface area contributed by atoms with Gasteiger partial charge in [-0.1, -0.05) is 12.1 Å². The zero-order valence-corrected chi connectivity index (χ0v) is 16.5. The number of nitrogens with one attached hydrogen (secondary N) is 3. The van der Waals surface area contributed by atoms with Gasteiger partial charge in [-0.2, -0.15) is 31.4 Å². The van der Waals surface area contributed by atoms with Crippen LogP contribution in [0.3, 0.4) is 0 Å². The van der Waals surface area contributed by atoms with Crippen LogP contribution in [0.5, 0.6) is 0 Å². The molecule has 13 heteroatoms. The van der Waals surface area contributed by atoms with Crippen LogP contribution in [-0.2, 0) is 11.2 Å². The van der Waals surface area contributed by atoms with Crippen LogP contribution in [0.15, 0.2) is 30.3 Å². The van der Waals surface area contributed by atoms with E-state index in [4.69, 9.17) is 9.90 Å². The van der Waals surface area contributed by atoms with Gasteiger partial charge in [0.1, 0.15) is 0 Å². The molecule has 1 unspecified atom stereocenters. The minimum absolute atomic E-state index is 0.117. The number of carboxylic acid groups (broad SMARTS) is 1. The van der Waals surface area contributed by atoms with Gasteiger partial charge in [0.2, 0.25) is 0 Å². The summed E-state index contributed by atoms with van der Waals surface area (Å²) in [7, 11) is 0. The predicted octanol–water partition coefficient (Wildman–Crippen LogP) is 3.87. The van der Waals surface area contributed by atoms with Crippen molar-refractivity contribution in [2.45, 2.75) is 37.5 Å². The summed E-state index contributed by atoms with van der Waals surface area (Å²) < 4.78 is 68.7. The molecule has 7 nitrogen and oxygen atoms in total. The number of amides is 1. The van der Waals surface area contributed by atoms with Crippen LogP contribution in [0.2, 0.25) is 0 Å². The third kappa shape index (κ3) is 8.21. The maximum atomic E-state index is 12.3. The summed E-state index contributed by atoms with van der Waals surface area (Å²) in [4.78, 5) is 21.2. The Morgan fingerprint density at radius 3 is 2.41 bits per heavy atom. The highest BCUT2D eigenvalue weighted by molar-refractivity contribution is 6.02. The highest BCUT2D eigenvalue weighted by atomic mass is 19.4. The minimum atomic E-state index is -5.08. The summed E-state index contributed by atoms with van der Waals surface area (Å²) in [6, 6.07) is 8.16. The van der Waals surface area contributed by atoms with E-state index in [1.807, 2.05) is 0 Å². The molecule has 0 radical (unpaired) electrons. The van der Waals surface area contributed by atoms with Gasteiger partial charge < -0.3 is 15.7 Å². The van der Waals surface area contributed by atoms with Gasteiger partial charge in [-0.15, -0.1) is 0 Å². The van der Waals surface area contributed by atoms with E-state index in [0.29, 0.717) is 17.2 Å². The number of carbonyl (C=O) groups excluding carboxylic acids is 1. The molecule has 0 spiro atoms. The van der Waals surface area contributed by atoms with Gasteiger partial charge in [0.05, 0.1) is 0 Å². The zero-order chi connectivity index (χ0) is 23.9. The van der Waals surface area contributed by atoms with Crippen LogP contribution in [0.25, 0.3) is 0 Å². The average molecular weight is 466 g/mol. The van der Waals surface area contributed by atoms with Crippen LogP contribution in [-0.4, -0.2) is 52.6 Å². The lowest BCUT2D eigenvalue weighted by Crippen LogP contribution is -2.21. The van der Waals surface area contributed by atoms with E-state index in [2.05, 4.69) is 20.8 Å². The number of aryl methyl sites for hydroxylation is 1. The Balaban J connectivity index is 0.000000451. The lowest BCUT2D eigenvalue weighted by atomic mass is 10.1. The molecule has 1 amide bonds. The Labute approximate surface area is 178 Å². The Kier molecular flexibility index (Phi) is 8.25. The Bertz CT molecular complexity index is 920. The molecule has 0 aliphatic carbocycles. The monoisotopic (exact) mass is 466 g/mol. The quantitative estimate of drug-likeness (QED) is 0.501. The number of alkyl halides is 6. The van der Waals surface area contributed by atoms with Gasteiger partial charge in [-0.25, -0.2) is 4.79 Å². The first-order valence-electron chi connectivity index (χ1n) is 9.38. The molecule has 176 valence electrons. The van der Waals surface area contributed by atoms with Crippen molar-refractivity contribution in [3.8, 4) is 0 Å². The van der Waals surface area contributed by atoms with Crippen LogP contribution >= 0.6 is 0 Å². The van der Waals surface area contributed by atoms with Gasteiger partial charge in [0.15, 0.2) is 5.69 Å². The number of nitrogens with zero attached hydrogens (tertiary/aromatic N) is 1. The normalized spacial score (nSPS) is 16.2. The number of carbonyl (C=O) groups is 2. The second kappa shape index (κ2) is 10.5. The van der Waals surface area contributed by atoms with Crippen LogP contribution in [0, 0.1) is 0 Å². The summed E-state index contributed by atoms with van der Waals surface area (Å²) in [5.41, 5.74) is 2.16. The number of H-pyrrole nitrogens is 1. The van der Waals surface area contributed by atoms with E-state index in [9.17, 15) is 31.1 Å². The highest BCUT2D eigenvalue weighted by Gasteiger charge is 2.38. The number of hydrogen-bond donors (Lipinski definition) is 4. The van der Waals surface area contributed by atoms with Crippen molar-refractivity contribution in [2.75, 3.05) is 18.4 Å². The molecular formula is C19H20F6N4O3. The van der Waals surface area contributed by atoms with E-state index < -0.39 is 24.7 Å². The number of anilines is 1. The minimum Gasteiger partial charge on any atom is -0.475 e. The molecule has 32 heavy (non-hydrogen) atoms. The SMILES string of the molecule is O=C(Nc1cccc(CCC(F)(F)F)c1)c1cc(C2CCNC2)[nH]n1.O=C(O)C(F)(F)F. The summed E-state index contributed by atoms with van der Waals surface area (Å²) in [5, 5.41) is 20.0. The summed E-state index contributed by atoms with van der Waals surface area (Å²) in [5.74, 6) is -2.83. The topological polar surface area (TPSA) is 107 Å². The van der Waals surface area contributed by atoms with Gasteiger partial charge in [0, 0.05) is 30.3 Å². The first-order valence-corrected chi connectivity index (χ1v) is 9.38. The number of aromatic amines is 1. The van der Waals surface area contributed by atoms with Crippen molar-refractivity contribution in [1.29, 1.82) is 0 Å². The fraction of sp³-hybridized carbons (Fsp3) is 0.421. The maximum absolute atomic E-state index is 12.3. The fourth-order valence-electron chi connectivity index (χ4n) is 2.87. The third-order valence-corrected chi connectivity index (χ3v) is 4.45. The van der Waals surface area contributed by atoms with E-state index in [1.165, 1.54) is 0 Å². The number of carboxylic acids is 1. The number of hydrogen-bond acceptors (Lipinski definition) is 4. The molecule has 1 aromatic heterocycles. The van der Waals surface area contributed by atoms with E-state index in [0.717, 1.165) is 25.2 Å². The van der Waals surface area contributed by atoms with Crippen molar-refractivity contribution >= 4 is 17.6 Å². The molecule has 1 atom stereocenters. The first kappa shape index (κ1) is 25.2. The standard InChI is InChI=1S/C17H19F3N4O.C2HF3O2/c18-17(19,20)6-4-11-2-1-3-13(8-11)22-16(25)15-9-14(23-24-15)12-5-7-21-10-12;3-2(4,5)1(6)7/h1-3,8-9,12,21H,4-7,10H2,(H,22,25)(H,23,24);(H,6,7). The van der Waals surface area contributed by atoms with Gasteiger partial charge in [-0.05, 0) is 43.1 Å². The lowest BCUT2D eigenvalue weighted by molar-refractivity contribution is -0.192. The molecule has 0 bridgehead atoms. The maximum Gasteiger partial charge on any atom is 0.490 e. The average Bonchev–Trinajstić information content (AvgIpc) is 3.37. The van der Waals surface area contributed by atoms with Crippen LogP contribution in [0.1, 0.15) is 40.5 Å². The lowest BCUT2D eigenvalue weighted by Gasteiger charge is -2.08. The van der Waals surface area contributed by atoms with Gasteiger partial charge in [-0.3, -0.25) is 9.89 Å². The Morgan fingerprint density at radius 1 is 1.16 bits per heavy atom. The molecule has 1 aromatic carbocycles. The van der Waals surface area contributed by atoms with E-state index in [-0.39, 0.29) is 18.0 Å². The number of benzene rings is 1. The molecule has 3 rings (SSSR count). The summed E-state index contributed by atoms with van der Waals surface area (Å²) >= 11 is 0. The molecule has 2 heterocycles. The van der Waals surface area contributed by atoms with Crippen molar-refractivity contribution in [3.05, 3.63) is 47.3 Å². The largest absolute Gasteiger partial charge is 0.490 e. The zero-order valence-electron chi connectivity index (χ0n) is 16.5. The highest BCUT2D eigenvalue weighted by Crippen LogP contribution is 2.24. The molecule has 1 aliphatic rings. The number of aromatic nitrogens is 2. The summed E-state index contributed by atoms with van der Waals surface area (Å²) in [6.07, 6.45) is -9.29. The smallest absolute Gasteiger partial charge is 0.475 e. The van der Waals surface area contributed by atoms with Crippen molar-refractivity contribution in [1.82, 2.24) is 15.5 Å². The van der Waals surface area contributed by atoms with Crippen molar-refractivity contribution in [2.24, 2.45) is 0 Å². The van der Waals surface area contributed by atoms with Crippen molar-refractivity contribution in [3.63, 3.8) is 0 Å². The van der Waals surface area contributed by atoms with Gasteiger partial charge in [0.25, 0.3) is 5.91 Å². The molecule has 0 saturated carbocycles. The number of rotatable bonds is 5. The fourth-order valence-corrected chi connectivity index (χ4v) is 2.87. The molecule has 1 fully saturated rings. The van der Waals surface area contributed by atoms with E-state index >= 15 is 0 Å². The summed E-state index contributed by atoms with van der Waals surface area (Å²) in [6.45, 7) is 1.79. The molecular weight excluding hydrogens is 446 g/mol. The second-order valence-corrected chi connectivity index (χ2v) is 6.97. The third-order valence-electron chi connectivity index (χ3n) is 4.45. The van der Waals surface area contributed by atoms with Gasteiger partial charge >= 0.3 is 18.3 Å². The second-order valence-electron chi connectivity index (χ2n) is 6.97. The van der Waals surface area contributed by atoms with Crippen molar-refractivity contribution < 1.29 is 41.0 Å². The molecule has 4 N–H and O–H groups in total. The molecule has 2 aromatic rings. The molecule has 1 aliphatic heterocycles. The molecule has 1 saturated heterocycles. The van der Waals surface area contributed by atoms with E-state index in [1.54, 1.807) is 30.3 Å². The van der Waals surface area contributed by atoms with Crippen LogP contribution in [0.4, 0.5) is 32.0 Å².